The molecule has 0 fully saturated rings. The van der Waals surface area contributed by atoms with Crippen molar-refractivity contribution >= 4 is 22.7 Å². The van der Waals surface area contributed by atoms with E-state index in [1.807, 2.05) is 12.1 Å². The summed E-state index contributed by atoms with van der Waals surface area (Å²) >= 11 is 1.68. The number of thiophene rings is 1. The molecule has 1 aromatic heterocycles. The number of nitrogens with one attached hydrogen (secondary N) is 1. The van der Waals surface area contributed by atoms with Crippen molar-refractivity contribution in [3.63, 3.8) is 0 Å². The van der Waals surface area contributed by atoms with E-state index in [2.05, 4.69) is 28.2 Å². The summed E-state index contributed by atoms with van der Waals surface area (Å²) in [6, 6.07) is 8.15. The molecule has 2 rings (SSSR count). The summed E-state index contributed by atoms with van der Waals surface area (Å²) in [7, 11) is 1.72. The van der Waals surface area contributed by atoms with E-state index in [1.54, 1.807) is 18.4 Å². The van der Waals surface area contributed by atoms with E-state index in [0.717, 1.165) is 36.5 Å². The molecule has 3 N–H and O–H groups in total. The number of methoxy groups -OCH3 is 1. The summed E-state index contributed by atoms with van der Waals surface area (Å²) < 4.78 is 5.02. The van der Waals surface area contributed by atoms with E-state index in [4.69, 9.17) is 10.5 Å². The Balaban J connectivity index is 2.07. The topological polar surface area (TPSA) is 47.3 Å². The Labute approximate surface area is 112 Å². The third kappa shape index (κ3) is 3.24. The maximum absolute atomic E-state index is 6.01. The molecule has 18 heavy (non-hydrogen) atoms. The van der Waals surface area contributed by atoms with Gasteiger partial charge in [0.15, 0.2) is 0 Å². The maximum atomic E-state index is 6.01. The number of anilines is 2. The summed E-state index contributed by atoms with van der Waals surface area (Å²) in [5, 5.41) is 7.55. The van der Waals surface area contributed by atoms with Crippen LogP contribution >= 0.6 is 11.3 Å². The van der Waals surface area contributed by atoms with E-state index in [0.29, 0.717) is 0 Å². The summed E-state index contributed by atoms with van der Waals surface area (Å²) in [5.41, 5.74) is 10.2. The predicted molar refractivity (Wildman–Crippen MR) is 79.2 cm³/mol. The molecule has 0 aliphatic heterocycles. The Morgan fingerprint density at radius 3 is 2.94 bits per heavy atom. The van der Waals surface area contributed by atoms with Crippen LogP contribution in [0, 0.1) is 0 Å². The summed E-state index contributed by atoms with van der Waals surface area (Å²) in [6.45, 7) is 1.68. The zero-order valence-corrected chi connectivity index (χ0v) is 11.3. The molecule has 0 bridgehead atoms. The Kier molecular flexibility index (Phi) is 4.61. The molecule has 0 atom stereocenters. The van der Waals surface area contributed by atoms with Gasteiger partial charge in [-0.2, -0.15) is 11.3 Å². The molecule has 3 nitrogen and oxygen atoms in total. The second-order valence-corrected chi connectivity index (χ2v) is 4.87. The molecule has 1 aromatic carbocycles. The number of nitrogen functional groups attached to an aromatic ring is 1. The van der Waals surface area contributed by atoms with Crippen LogP contribution in [0.25, 0.3) is 11.1 Å². The zero-order chi connectivity index (χ0) is 12.8. The first-order valence-electron chi connectivity index (χ1n) is 5.96. The van der Waals surface area contributed by atoms with Crippen molar-refractivity contribution in [1.29, 1.82) is 0 Å². The van der Waals surface area contributed by atoms with Gasteiger partial charge in [-0.3, -0.25) is 0 Å². The van der Waals surface area contributed by atoms with Gasteiger partial charge in [-0.15, -0.1) is 0 Å². The Morgan fingerprint density at radius 2 is 2.22 bits per heavy atom. The van der Waals surface area contributed by atoms with Crippen molar-refractivity contribution in [2.24, 2.45) is 0 Å². The molecule has 0 saturated carbocycles. The first-order valence-corrected chi connectivity index (χ1v) is 6.90. The molecule has 0 aliphatic carbocycles. The minimum Gasteiger partial charge on any atom is -0.398 e. The fourth-order valence-electron chi connectivity index (χ4n) is 1.78. The normalized spacial score (nSPS) is 10.5. The first kappa shape index (κ1) is 12.9. The Bertz CT molecular complexity index is 483. The highest BCUT2D eigenvalue weighted by atomic mass is 32.1. The van der Waals surface area contributed by atoms with Gasteiger partial charge in [0.25, 0.3) is 0 Å². The number of nitrogens with two attached hydrogens (primary N) is 1. The van der Waals surface area contributed by atoms with Crippen LogP contribution in [0.15, 0.2) is 35.0 Å². The quantitative estimate of drug-likeness (QED) is 0.619. The molecule has 96 valence electrons. The first-order chi connectivity index (χ1) is 8.81. The predicted octanol–water partition coefficient (Wildman–Crippen LogP) is 3.45. The average molecular weight is 262 g/mol. The van der Waals surface area contributed by atoms with Gasteiger partial charge in [-0.25, -0.2) is 0 Å². The van der Waals surface area contributed by atoms with Crippen molar-refractivity contribution in [1.82, 2.24) is 0 Å². The molecule has 0 amide bonds. The van der Waals surface area contributed by atoms with Gasteiger partial charge in [0, 0.05) is 37.2 Å². The van der Waals surface area contributed by atoms with Gasteiger partial charge in [-0.1, -0.05) is 0 Å². The molecular weight excluding hydrogens is 244 g/mol. The lowest BCUT2D eigenvalue weighted by molar-refractivity contribution is 0.198. The van der Waals surface area contributed by atoms with Crippen molar-refractivity contribution in [2.45, 2.75) is 6.42 Å². The number of hydrogen-bond acceptors (Lipinski definition) is 4. The number of hydrogen-bond donors (Lipinski definition) is 2. The Hall–Kier alpha value is -1.52. The van der Waals surface area contributed by atoms with E-state index in [-0.39, 0.29) is 0 Å². The van der Waals surface area contributed by atoms with Gasteiger partial charge in [0.05, 0.1) is 0 Å². The SMILES string of the molecule is COCCCNc1ccc(N)c(-c2ccsc2)c1. The van der Waals surface area contributed by atoms with Gasteiger partial charge >= 0.3 is 0 Å². The molecule has 0 spiro atoms. The van der Waals surface area contributed by atoms with E-state index in [1.165, 1.54) is 5.56 Å². The minimum absolute atomic E-state index is 0.777. The fourth-order valence-corrected chi connectivity index (χ4v) is 2.44. The number of rotatable bonds is 6. The third-order valence-electron chi connectivity index (χ3n) is 2.74. The van der Waals surface area contributed by atoms with Crippen molar-refractivity contribution in [3.05, 3.63) is 35.0 Å². The maximum Gasteiger partial charge on any atom is 0.0479 e. The van der Waals surface area contributed by atoms with Crippen LogP contribution < -0.4 is 11.1 Å². The number of ether oxygens (including phenoxy) is 1. The monoisotopic (exact) mass is 262 g/mol. The van der Waals surface area contributed by atoms with Crippen molar-refractivity contribution < 1.29 is 4.74 Å². The van der Waals surface area contributed by atoms with Gasteiger partial charge in [0.2, 0.25) is 0 Å². The van der Waals surface area contributed by atoms with Crippen LogP contribution in [0.4, 0.5) is 11.4 Å². The van der Waals surface area contributed by atoms with Gasteiger partial charge in [0.1, 0.15) is 0 Å². The molecule has 0 aliphatic rings. The lowest BCUT2D eigenvalue weighted by Gasteiger charge is -2.10. The molecule has 0 radical (unpaired) electrons. The smallest absolute Gasteiger partial charge is 0.0479 e. The zero-order valence-electron chi connectivity index (χ0n) is 10.5. The molecule has 0 saturated heterocycles. The van der Waals surface area contributed by atoms with Gasteiger partial charge < -0.3 is 15.8 Å². The van der Waals surface area contributed by atoms with Crippen LogP contribution in [0.2, 0.25) is 0 Å². The largest absolute Gasteiger partial charge is 0.398 e. The highest BCUT2D eigenvalue weighted by molar-refractivity contribution is 7.08. The highest BCUT2D eigenvalue weighted by Crippen LogP contribution is 2.30. The van der Waals surface area contributed by atoms with Crippen LogP contribution in [0.3, 0.4) is 0 Å². The molecule has 4 heteroatoms. The second kappa shape index (κ2) is 6.42. The summed E-state index contributed by atoms with van der Waals surface area (Å²) in [5.74, 6) is 0. The van der Waals surface area contributed by atoms with E-state index in [9.17, 15) is 0 Å². The standard InChI is InChI=1S/C14H18N2OS/c1-17-7-2-6-16-12-3-4-14(15)13(9-12)11-5-8-18-10-11/h3-5,8-10,16H,2,6-7,15H2,1H3. The van der Waals surface area contributed by atoms with Crippen molar-refractivity contribution in [2.75, 3.05) is 31.3 Å². The van der Waals surface area contributed by atoms with Crippen LogP contribution in [-0.4, -0.2) is 20.3 Å². The summed E-state index contributed by atoms with van der Waals surface area (Å²) in [4.78, 5) is 0. The van der Waals surface area contributed by atoms with Crippen LogP contribution in [0.1, 0.15) is 6.42 Å². The molecule has 2 aromatic rings. The molecule has 0 unspecified atom stereocenters. The summed E-state index contributed by atoms with van der Waals surface area (Å²) in [6.07, 6.45) is 0.995. The molecule has 1 heterocycles. The molecular formula is C14H18N2OS. The van der Waals surface area contributed by atoms with E-state index < -0.39 is 0 Å². The lowest BCUT2D eigenvalue weighted by atomic mass is 10.1. The highest BCUT2D eigenvalue weighted by Gasteiger charge is 2.04. The average Bonchev–Trinajstić information content (AvgIpc) is 2.90. The minimum atomic E-state index is 0.777. The number of benzene rings is 1. The van der Waals surface area contributed by atoms with Crippen molar-refractivity contribution in [3.8, 4) is 11.1 Å². The van der Waals surface area contributed by atoms with E-state index >= 15 is 0 Å². The lowest BCUT2D eigenvalue weighted by Crippen LogP contribution is -2.04. The fraction of sp³-hybridized carbons (Fsp3) is 0.286. The van der Waals surface area contributed by atoms with Crippen LogP contribution in [0.5, 0.6) is 0 Å². The van der Waals surface area contributed by atoms with Crippen LogP contribution in [-0.2, 0) is 4.74 Å². The second-order valence-electron chi connectivity index (χ2n) is 4.09. The van der Waals surface area contributed by atoms with Gasteiger partial charge in [-0.05, 0) is 47.0 Å². The third-order valence-corrected chi connectivity index (χ3v) is 3.42. The Morgan fingerprint density at radius 1 is 1.33 bits per heavy atom.